The molecular weight excluding hydrogens is 762 g/mol. The molecule has 0 aromatic heterocycles. The number of rotatable bonds is 18. The zero-order valence-electron chi connectivity index (χ0n) is 34.6. The zero-order chi connectivity index (χ0) is 41.9. The lowest BCUT2D eigenvalue weighted by atomic mass is 9.55. The van der Waals surface area contributed by atoms with Gasteiger partial charge in [0, 0.05) is 50.7 Å². The van der Waals surface area contributed by atoms with Crippen LogP contribution in [0.5, 0.6) is 23.0 Å². The van der Waals surface area contributed by atoms with Crippen molar-refractivity contribution in [3.63, 3.8) is 0 Å². The number of anilines is 1. The first-order chi connectivity index (χ1) is 28.7. The molecule has 7 atom stereocenters. The molecule has 6 rings (SSSR count). The number of amides is 2. The summed E-state index contributed by atoms with van der Waals surface area (Å²) in [6.45, 7) is 4.78. The number of benzene rings is 2. The van der Waals surface area contributed by atoms with Gasteiger partial charge in [-0.25, -0.2) is 9.59 Å². The van der Waals surface area contributed by atoms with Crippen LogP contribution in [0.1, 0.15) is 75.7 Å². The van der Waals surface area contributed by atoms with Crippen LogP contribution < -0.4 is 24.3 Å². The van der Waals surface area contributed by atoms with Crippen molar-refractivity contribution < 1.29 is 57.8 Å². The van der Waals surface area contributed by atoms with Gasteiger partial charge in [-0.1, -0.05) is 30.1 Å². The van der Waals surface area contributed by atoms with Gasteiger partial charge in [-0.15, -0.1) is 6.58 Å². The molecule has 1 saturated carbocycles. The maximum atomic E-state index is 13.5. The van der Waals surface area contributed by atoms with Crippen LogP contribution in [0, 0.1) is 17.8 Å². The van der Waals surface area contributed by atoms with Gasteiger partial charge in [0.1, 0.15) is 29.0 Å². The van der Waals surface area contributed by atoms with Crippen molar-refractivity contribution in [1.82, 2.24) is 4.90 Å². The third-order valence-electron chi connectivity index (χ3n) is 11.8. The number of nitrogens with zero attached hydrogens (tertiary/aromatic N) is 2. The van der Waals surface area contributed by atoms with Crippen molar-refractivity contribution in [2.24, 2.45) is 22.9 Å². The molecule has 1 saturated heterocycles. The number of hydrogen-bond acceptors (Lipinski definition) is 13. The summed E-state index contributed by atoms with van der Waals surface area (Å²) >= 11 is 0. The van der Waals surface area contributed by atoms with Gasteiger partial charge < -0.3 is 53.1 Å². The van der Waals surface area contributed by atoms with Crippen LogP contribution >= 0.6 is 0 Å². The van der Waals surface area contributed by atoms with E-state index in [1.807, 2.05) is 6.07 Å². The lowest BCUT2D eigenvalue weighted by molar-refractivity contribution is -0.253. The molecular formula is C44H59N3O12. The number of oxime groups is 1. The number of fused-ring (bicyclic) bond motifs is 2. The number of hydrogen-bond donors (Lipinski definition) is 3. The van der Waals surface area contributed by atoms with Crippen molar-refractivity contribution in [3.8, 4) is 23.0 Å². The largest absolute Gasteiger partial charge is 0.497 e. The molecule has 3 N–H and O–H groups in total. The number of aliphatic hydroxyl groups is 2. The van der Waals surface area contributed by atoms with Crippen molar-refractivity contribution in [1.29, 1.82) is 0 Å². The van der Waals surface area contributed by atoms with Crippen molar-refractivity contribution in [3.05, 3.63) is 66.3 Å². The molecule has 322 valence electrons. The highest BCUT2D eigenvalue weighted by molar-refractivity contribution is 6.03. The molecule has 4 aliphatic rings. The van der Waals surface area contributed by atoms with E-state index in [-0.39, 0.29) is 49.7 Å². The quantitative estimate of drug-likeness (QED) is 0.0787. The molecule has 15 heteroatoms. The minimum Gasteiger partial charge on any atom is -0.497 e. The molecule has 2 heterocycles. The molecule has 2 fully saturated rings. The van der Waals surface area contributed by atoms with Gasteiger partial charge in [0.05, 0.1) is 51.9 Å². The summed E-state index contributed by atoms with van der Waals surface area (Å²) in [5.41, 5.74) is 2.71. The molecule has 0 radical (unpaired) electrons. The van der Waals surface area contributed by atoms with Crippen LogP contribution in [0.3, 0.4) is 0 Å². The number of allylic oxidation sites excluding steroid dienone is 1. The highest BCUT2D eigenvalue weighted by atomic mass is 16.8. The summed E-state index contributed by atoms with van der Waals surface area (Å²) in [4.78, 5) is 34.5. The normalized spacial score (nSPS) is 26.3. The van der Waals surface area contributed by atoms with E-state index in [1.165, 1.54) is 19.1 Å². The summed E-state index contributed by atoms with van der Waals surface area (Å²) in [7, 11) is 6.04. The second-order valence-corrected chi connectivity index (χ2v) is 15.3. The van der Waals surface area contributed by atoms with Crippen molar-refractivity contribution in [2.75, 3.05) is 60.1 Å². The molecule has 2 aromatic carbocycles. The fourth-order valence-electron chi connectivity index (χ4n) is 9.12. The molecule has 2 aliphatic carbocycles. The SMILES string of the molecule is C=CCO[C@@]12Oc3ccc(OC(=O)Nc4ccc(OC)cc4OC)cc3[C@H]3[C@H](CCCCO)[C@@H](CCCCO)C=C(C(=NOC4CCCCO4)C[C@@H]1N(C)C(=O)OC)[C@H]32. The monoisotopic (exact) mass is 821 g/mol. The Labute approximate surface area is 346 Å². The third-order valence-corrected chi connectivity index (χ3v) is 11.8. The minimum atomic E-state index is -1.45. The number of nitrogens with one attached hydrogen (secondary N) is 1. The first-order valence-electron chi connectivity index (χ1n) is 20.6. The van der Waals surface area contributed by atoms with E-state index in [1.54, 1.807) is 50.6 Å². The Morgan fingerprint density at radius 3 is 2.49 bits per heavy atom. The predicted octanol–water partition coefficient (Wildman–Crippen LogP) is 7.17. The van der Waals surface area contributed by atoms with Gasteiger partial charge in [-0.2, -0.15) is 0 Å². The van der Waals surface area contributed by atoms with E-state index in [4.69, 9.17) is 43.2 Å². The smallest absolute Gasteiger partial charge is 0.417 e. The number of carbonyl (C=O) groups is 2. The number of ether oxygens (including phenoxy) is 7. The Morgan fingerprint density at radius 1 is 1.02 bits per heavy atom. The van der Waals surface area contributed by atoms with Crippen LogP contribution in [0.2, 0.25) is 0 Å². The summed E-state index contributed by atoms with van der Waals surface area (Å²) in [5.74, 6) is -0.563. The Morgan fingerprint density at radius 2 is 1.80 bits per heavy atom. The van der Waals surface area contributed by atoms with Gasteiger partial charge in [0.25, 0.3) is 0 Å². The number of likely N-dealkylation sites (N-methyl/N-ethyl adjacent to an activating group) is 1. The molecule has 59 heavy (non-hydrogen) atoms. The summed E-state index contributed by atoms with van der Waals surface area (Å²) in [6, 6.07) is 9.56. The fraction of sp³-hybridized carbons (Fsp3) is 0.568. The molecule has 15 nitrogen and oxygen atoms in total. The Bertz CT molecular complexity index is 1830. The first kappa shape index (κ1) is 43.7. The molecule has 0 bridgehead atoms. The second-order valence-electron chi connectivity index (χ2n) is 15.3. The van der Waals surface area contributed by atoms with E-state index in [0.29, 0.717) is 54.5 Å². The highest BCUT2D eigenvalue weighted by Gasteiger charge is 2.65. The Kier molecular flexibility index (Phi) is 15.1. The first-order valence-corrected chi connectivity index (χ1v) is 20.6. The van der Waals surface area contributed by atoms with Gasteiger partial charge in [-0.05, 0) is 86.3 Å². The number of unbranched alkanes of at least 4 members (excludes halogenated alkanes) is 2. The maximum absolute atomic E-state index is 13.5. The lowest BCUT2D eigenvalue weighted by Crippen LogP contribution is -2.69. The topological polar surface area (TPSA) is 176 Å². The zero-order valence-corrected chi connectivity index (χ0v) is 34.6. The van der Waals surface area contributed by atoms with E-state index < -0.39 is 36.2 Å². The highest BCUT2D eigenvalue weighted by Crippen LogP contribution is 2.62. The van der Waals surface area contributed by atoms with Crippen LogP contribution in [-0.2, 0) is 19.0 Å². The second kappa shape index (κ2) is 20.4. The third kappa shape index (κ3) is 9.64. The van der Waals surface area contributed by atoms with Gasteiger partial charge in [-0.3, -0.25) is 5.32 Å². The summed E-state index contributed by atoms with van der Waals surface area (Å²) in [5, 5.41) is 27.3. The van der Waals surface area contributed by atoms with Crippen LogP contribution in [0.25, 0.3) is 0 Å². The van der Waals surface area contributed by atoms with Crippen molar-refractivity contribution in [2.45, 2.75) is 88.2 Å². The minimum absolute atomic E-state index is 0.0148. The average Bonchev–Trinajstić information content (AvgIpc) is 3.26. The summed E-state index contributed by atoms with van der Waals surface area (Å²) in [6.07, 6.45) is 9.24. The molecule has 1 unspecified atom stereocenters. The van der Waals surface area contributed by atoms with Crippen molar-refractivity contribution >= 4 is 23.6 Å². The van der Waals surface area contributed by atoms with E-state index >= 15 is 0 Å². The molecule has 2 amide bonds. The van der Waals surface area contributed by atoms with Crippen LogP contribution in [-0.4, -0.2) is 106 Å². The Hall–Kier alpha value is -4.83. The van der Waals surface area contributed by atoms with Gasteiger partial charge in [0.2, 0.25) is 12.1 Å². The number of methoxy groups -OCH3 is 3. The molecule has 2 aliphatic heterocycles. The predicted molar refractivity (Wildman–Crippen MR) is 219 cm³/mol. The van der Waals surface area contributed by atoms with E-state index in [2.05, 4.69) is 18.0 Å². The summed E-state index contributed by atoms with van der Waals surface area (Å²) < 4.78 is 41.8. The number of aliphatic hydroxyl groups excluding tert-OH is 2. The molecule has 0 spiro atoms. The molecule has 2 aromatic rings. The Balaban J connectivity index is 1.49. The fourth-order valence-corrected chi connectivity index (χ4v) is 9.12. The van der Waals surface area contributed by atoms with E-state index in [0.717, 1.165) is 49.7 Å². The average molecular weight is 822 g/mol. The van der Waals surface area contributed by atoms with Crippen LogP contribution in [0.4, 0.5) is 15.3 Å². The van der Waals surface area contributed by atoms with Gasteiger partial charge in [0.15, 0.2) is 0 Å². The van der Waals surface area contributed by atoms with Crippen LogP contribution in [0.15, 0.2) is 65.9 Å². The maximum Gasteiger partial charge on any atom is 0.417 e. The lowest BCUT2D eigenvalue weighted by Gasteiger charge is -2.59. The number of carbonyl (C=O) groups excluding carboxylic acids is 2. The van der Waals surface area contributed by atoms with E-state index in [9.17, 15) is 19.8 Å². The van der Waals surface area contributed by atoms with Gasteiger partial charge >= 0.3 is 12.2 Å². The standard InChI is InChI=1S/C44H59N3O12/c1-6-22-56-44-38(47(2)43(51)54-5)27-35(46-59-39-15-9-12-23-55-39)32-24-28(13-7-10-20-48)31(14-8-11-21-49)40(41(32)44)33-25-30(17-19-36(33)58-44)57-42(50)45-34-18-16-29(52-3)26-37(34)53-4/h6,16-19,24-26,28,31,38-41,48-49H,1,7-15,20-23,27H2,2-5H3,(H,45,50)/t28-,31+,38-,39?,40+,41+,44+/m0/s1.